The zero-order valence-electron chi connectivity index (χ0n) is 18.7. The van der Waals surface area contributed by atoms with Gasteiger partial charge in [-0.1, -0.05) is 23.7 Å². The summed E-state index contributed by atoms with van der Waals surface area (Å²) in [5, 5.41) is 9.11. The standard InChI is InChI=1S/C24H28ClN7O/c1-15-11-21(27-14-26-15)31-12-16-8-9-17(13-31)22(16)28-24-29-23-20(7-4-10-32(23)30-24)33-19-6-3-2-5-18(19)25/h2-3,5-6,11,14,16-17,20,22H,4,7-10,12-13H2,1H3,(H,28,30)/t16-,17+,20-,22?/m0/s1. The number of nitrogens with zero attached hydrogens (tertiary/aromatic N) is 6. The molecule has 4 atom stereocenters. The van der Waals surface area contributed by atoms with Crippen LogP contribution in [0.15, 0.2) is 36.7 Å². The van der Waals surface area contributed by atoms with Gasteiger partial charge in [-0.05, 0) is 56.6 Å². The van der Waals surface area contributed by atoms with Crippen molar-refractivity contribution in [3.63, 3.8) is 0 Å². The van der Waals surface area contributed by atoms with Gasteiger partial charge in [-0.15, -0.1) is 5.10 Å². The fourth-order valence-corrected chi connectivity index (χ4v) is 5.77. The highest BCUT2D eigenvalue weighted by atomic mass is 35.5. The van der Waals surface area contributed by atoms with E-state index in [0.717, 1.165) is 49.8 Å². The number of ether oxygens (including phenoxy) is 1. The number of fused-ring (bicyclic) bond motifs is 3. The second-order valence-corrected chi connectivity index (χ2v) is 9.79. The topological polar surface area (TPSA) is 81.0 Å². The maximum absolute atomic E-state index is 6.32. The molecule has 1 aromatic carbocycles. The molecule has 0 spiro atoms. The van der Waals surface area contributed by atoms with Crippen LogP contribution in [0.5, 0.6) is 5.75 Å². The number of halogens is 1. The van der Waals surface area contributed by atoms with Gasteiger partial charge in [0.05, 0.1) is 5.02 Å². The summed E-state index contributed by atoms with van der Waals surface area (Å²) in [6.45, 7) is 4.88. The number of anilines is 2. The molecule has 0 amide bonds. The third-order valence-electron chi connectivity index (χ3n) is 7.17. The Balaban J connectivity index is 1.17. The van der Waals surface area contributed by atoms with E-state index >= 15 is 0 Å². The summed E-state index contributed by atoms with van der Waals surface area (Å²) in [5.41, 5.74) is 1.01. The summed E-state index contributed by atoms with van der Waals surface area (Å²) in [7, 11) is 0. The Bertz CT molecular complexity index is 1140. The van der Waals surface area contributed by atoms with Crippen LogP contribution in [0, 0.1) is 18.8 Å². The Kier molecular flexibility index (Phi) is 5.32. The van der Waals surface area contributed by atoms with Crippen molar-refractivity contribution in [1.29, 1.82) is 0 Å². The minimum absolute atomic E-state index is 0.138. The maximum atomic E-state index is 6.32. The van der Waals surface area contributed by atoms with E-state index in [1.807, 2.05) is 35.9 Å². The number of para-hydroxylation sites is 1. The van der Waals surface area contributed by atoms with Gasteiger partial charge in [0.2, 0.25) is 5.95 Å². The highest BCUT2D eigenvalue weighted by Crippen LogP contribution is 2.40. The number of rotatable bonds is 5. The molecule has 1 N–H and O–H groups in total. The van der Waals surface area contributed by atoms with E-state index < -0.39 is 0 Å². The summed E-state index contributed by atoms with van der Waals surface area (Å²) in [5.74, 6) is 4.43. The van der Waals surface area contributed by atoms with E-state index in [0.29, 0.717) is 34.6 Å². The molecule has 3 aliphatic rings. The number of nitrogens with one attached hydrogen (secondary N) is 1. The average molecular weight is 466 g/mol. The number of piperidine rings is 1. The highest BCUT2D eigenvalue weighted by molar-refractivity contribution is 6.32. The lowest BCUT2D eigenvalue weighted by Gasteiger charge is -2.38. The SMILES string of the molecule is Cc1cc(N2C[C@H]3CC[C@@H](C2)C3Nc2nc3n(n2)CCC[C@@H]3Oc2ccccc2Cl)ncn1. The second-order valence-electron chi connectivity index (χ2n) is 9.39. The predicted molar refractivity (Wildman–Crippen MR) is 127 cm³/mol. The second kappa shape index (κ2) is 8.48. The van der Waals surface area contributed by atoms with Crippen LogP contribution < -0.4 is 15.0 Å². The van der Waals surface area contributed by atoms with Crippen molar-refractivity contribution in [2.75, 3.05) is 23.3 Å². The van der Waals surface area contributed by atoms with Gasteiger partial charge < -0.3 is 15.0 Å². The molecule has 3 aromatic rings. The molecule has 1 aliphatic carbocycles. The van der Waals surface area contributed by atoms with Crippen molar-refractivity contribution in [3.8, 4) is 5.75 Å². The molecule has 8 nitrogen and oxygen atoms in total. The van der Waals surface area contributed by atoms with Crippen molar-refractivity contribution in [2.45, 2.75) is 51.3 Å². The minimum Gasteiger partial charge on any atom is -0.481 e. The van der Waals surface area contributed by atoms with E-state index in [-0.39, 0.29) is 6.10 Å². The molecule has 4 heterocycles. The fourth-order valence-electron chi connectivity index (χ4n) is 5.59. The molecule has 2 aromatic heterocycles. The summed E-state index contributed by atoms with van der Waals surface area (Å²) in [4.78, 5) is 16.0. The Hall–Kier alpha value is -2.87. The van der Waals surface area contributed by atoms with E-state index in [9.17, 15) is 0 Å². The predicted octanol–water partition coefficient (Wildman–Crippen LogP) is 4.27. The lowest BCUT2D eigenvalue weighted by atomic mass is 9.92. The van der Waals surface area contributed by atoms with Crippen molar-refractivity contribution < 1.29 is 4.74 Å². The van der Waals surface area contributed by atoms with Crippen LogP contribution in [0.3, 0.4) is 0 Å². The Morgan fingerprint density at radius 1 is 1.09 bits per heavy atom. The van der Waals surface area contributed by atoms with Crippen molar-refractivity contribution in [3.05, 3.63) is 53.2 Å². The molecule has 0 radical (unpaired) electrons. The van der Waals surface area contributed by atoms with Gasteiger partial charge in [0, 0.05) is 37.4 Å². The normalized spacial score (nSPS) is 26.2. The fraction of sp³-hybridized carbons (Fsp3) is 0.500. The Morgan fingerprint density at radius 3 is 2.70 bits per heavy atom. The largest absolute Gasteiger partial charge is 0.481 e. The van der Waals surface area contributed by atoms with Crippen molar-refractivity contribution in [2.24, 2.45) is 11.8 Å². The van der Waals surface area contributed by atoms with Crippen molar-refractivity contribution >= 4 is 23.4 Å². The van der Waals surface area contributed by atoms with Gasteiger partial charge in [0.25, 0.3) is 0 Å². The number of aromatic nitrogens is 5. The Labute approximate surface area is 198 Å². The van der Waals surface area contributed by atoms with E-state index in [1.165, 1.54) is 12.8 Å². The van der Waals surface area contributed by atoms with Crippen LogP contribution in [0.25, 0.3) is 0 Å². The number of aryl methyl sites for hydroxylation is 2. The third-order valence-corrected chi connectivity index (χ3v) is 7.49. The summed E-state index contributed by atoms with van der Waals surface area (Å²) >= 11 is 6.32. The molecule has 172 valence electrons. The number of benzene rings is 1. The highest BCUT2D eigenvalue weighted by Gasteiger charge is 2.43. The monoisotopic (exact) mass is 465 g/mol. The number of hydrogen-bond acceptors (Lipinski definition) is 7. The molecule has 2 aliphatic heterocycles. The molecular formula is C24H28ClN7O. The quantitative estimate of drug-likeness (QED) is 0.602. The van der Waals surface area contributed by atoms with Gasteiger partial charge in [0.1, 0.15) is 17.9 Å². The van der Waals surface area contributed by atoms with Crippen LogP contribution in [0.1, 0.15) is 43.3 Å². The molecule has 1 saturated carbocycles. The first-order chi connectivity index (χ1) is 16.1. The first-order valence-electron chi connectivity index (χ1n) is 11.8. The van der Waals surface area contributed by atoms with E-state index in [1.54, 1.807) is 6.33 Å². The van der Waals surface area contributed by atoms with Gasteiger partial charge in [-0.25, -0.2) is 14.6 Å². The van der Waals surface area contributed by atoms with Crippen LogP contribution >= 0.6 is 11.6 Å². The molecule has 9 heteroatoms. The first-order valence-corrected chi connectivity index (χ1v) is 12.2. The summed E-state index contributed by atoms with van der Waals surface area (Å²) in [6, 6.07) is 10.1. The molecule has 33 heavy (non-hydrogen) atoms. The lowest BCUT2D eigenvalue weighted by Crippen LogP contribution is -2.48. The zero-order chi connectivity index (χ0) is 22.4. The zero-order valence-corrected chi connectivity index (χ0v) is 19.4. The lowest BCUT2D eigenvalue weighted by molar-refractivity contribution is 0.155. The minimum atomic E-state index is -0.138. The molecule has 6 rings (SSSR count). The van der Waals surface area contributed by atoms with Crippen LogP contribution in [-0.2, 0) is 6.54 Å². The Morgan fingerprint density at radius 2 is 1.91 bits per heavy atom. The van der Waals surface area contributed by atoms with E-state index in [4.69, 9.17) is 26.4 Å². The first kappa shape index (κ1) is 20.7. The van der Waals surface area contributed by atoms with Gasteiger partial charge >= 0.3 is 0 Å². The molecular weight excluding hydrogens is 438 g/mol. The summed E-state index contributed by atoms with van der Waals surface area (Å²) < 4.78 is 8.24. The maximum Gasteiger partial charge on any atom is 0.242 e. The molecule has 2 bridgehead atoms. The van der Waals surface area contributed by atoms with E-state index in [2.05, 4.69) is 26.3 Å². The van der Waals surface area contributed by atoms with Crippen LogP contribution in [0.4, 0.5) is 11.8 Å². The molecule has 2 fully saturated rings. The van der Waals surface area contributed by atoms with Crippen molar-refractivity contribution in [1.82, 2.24) is 24.7 Å². The molecule has 1 saturated heterocycles. The average Bonchev–Trinajstić information content (AvgIpc) is 3.32. The van der Waals surface area contributed by atoms with Gasteiger partial charge in [-0.2, -0.15) is 4.98 Å². The summed E-state index contributed by atoms with van der Waals surface area (Å²) in [6.07, 6.45) is 5.88. The van der Waals surface area contributed by atoms with Crippen LogP contribution in [-0.4, -0.2) is 43.9 Å². The smallest absolute Gasteiger partial charge is 0.242 e. The third kappa shape index (κ3) is 4.01. The number of hydrogen-bond donors (Lipinski definition) is 1. The molecule has 1 unspecified atom stereocenters. The van der Waals surface area contributed by atoms with Gasteiger partial charge in [-0.3, -0.25) is 0 Å². The van der Waals surface area contributed by atoms with Crippen LogP contribution in [0.2, 0.25) is 5.02 Å². The van der Waals surface area contributed by atoms with Gasteiger partial charge in [0.15, 0.2) is 11.9 Å².